The lowest BCUT2D eigenvalue weighted by Gasteiger charge is -2.37. The van der Waals surface area contributed by atoms with Gasteiger partial charge in [-0.05, 0) is 30.9 Å². The highest BCUT2D eigenvalue weighted by Gasteiger charge is 2.33. The first-order chi connectivity index (χ1) is 11.6. The largest absolute Gasteiger partial charge is 0.475 e. The fourth-order valence-corrected chi connectivity index (χ4v) is 3.23. The van der Waals surface area contributed by atoms with Crippen molar-refractivity contribution in [1.82, 2.24) is 4.90 Å². The van der Waals surface area contributed by atoms with Gasteiger partial charge in [0, 0.05) is 13.1 Å². The molecular weight excluding hydrogens is 308 g/mol. The van der Waals surface area contributed by atoms with Gasteiger partial charge in [0.05, 0.1) is 25.9 Å². The molecule has 3 rings (SSSR count). The molecule has 130 valence electrons. The summed E-state index contributed by atoms with van der Waals surface area (Å²) >= 11 is 0. The summed E-state index contributed by atoms with van der Waals surface area (Å²) in [4.78, 5) is 28.4. The Kier molecular flexibility index (Phi) is 4.92. The van der Waals surface area contributed by atoms with E-state index >= 15 is 0 Å². The second-order valence-corrected chi connectivity index (χ2v) is 6.54. The Balaban J connectivity index is 1.73. The number of hydrogen-bond acceptors (Lipinski definition) is 5. The highest BCUT2D eigenvalue weighted by atomic mass is 16.6. The van der Waals surface area contributed by atoms with Crippen LogP contribution in [0.25, 0.3) is 0 Å². The predicted molar refractivity (Wildman–Crippen MR) is 90.1 cm³/mol. The van der Waals surface area contributed by atoms with Crippen LogP contribution in [0.4, 0.5) is 5.69 Å². The Morgan fingerprint density at radius 1 is 1.25 bits per heavy atom. The van der Waals surface area contributed by atoms with E-state index in [0.717, 1.165) is 31.6 Å². The molecule has 0 radical (unpaired) electrons. The first-order valence-corrected chi connectivity index (χ1v) is 8.44. The van der Waals surface area contributed by atoms with Crippen LogP contribution in [0.2, 0.25) is 0 Å². The number of fused-ring (bicyclic) bond motifs is 1. The Morgan fingerprint density at radius 3 is 2.67 bits per heavy atom. The molecular formula is C18H24N2O4. The van der Waals surface area contributed by atoms with Crippen molar-refractivity contribution in [3.63, 3.8) is 0 Å². The molecule has 1 fully saturated rings. The maximum atomic E-state index is 12.7. The number of rotatable bonds is 3. The SMILES string of the molecule is COC(=O)[C@H]1CN(CC(=O)N2CCC(C)CC2)c2ccccc2O1. The number of carbonyl (C=O) groups is 2. The van der Waals surface area contributed by atoms with Crippen LogP contribution >= 0.6 is 0 Å². The van der Waals surface area contributed by atoms with E-state index in [1.807, 2.05) is 34.1 Å². The van der Waals surface area contributed by atoms with E-state index < -0.39 is 12.1 Å². The summed E-state index contributed by atoms with van der Waals surface area (Å²) in [5.41, 5.74) is 0.844. The van der Waals surface area contributed by atoms with Crippen molar-refractivity contribution in [1.29, 1.82) is 0 Å². The first-order valence-electron chi connectivity index (χ1n) is 8.44. The lowest BCUT2D eigenvalue weighted by molar-refractivity contribution is -0.148. The van der Waals surface area contributed by atoms with E-state index in [1.165, 1.54) is 7.11 Å². The maximum Gasteiger partial charge on any atom is 0.348 e. The van der Waals surface area contributed by atoms with Crippen LogP contribution in [0.15, 0.2) is 24.3 Å². The lowest BCUT2D eigenvalue weighted by Crippen LogP contribution is -2.50. The Labute approximate surface area is 142 Å². The molecule has 2 aliphatic heterocycles. The van der Waals surface area contributed by atoms with E-state index in [1.54, 1.807) is 0 Å². The van der Waals surface area contributed by atoms with E-state index in [2.05, 4.69) is 6.92 Å². The minimum atomic E-state index is -0.709. The highest BCUT2D eigenvalue weighted by molar-refractivity contribution is 5.84. The molecule has 1 atom stereocenters. The highest BCUT2D eigenvalue weighted by Crippen LogP contribution is 2.33. The van der Waals surface area contributed by atoms with E-state index in [-0.39, 0.29) is 12.5 Å². The third-order valence-electron chi connectivity index (χ3n) is 4.79. The summed E-state index contributed by atoms with van der Waals surface area (Å²) in [5, 5.41) is 0. The minimum absolute atomic E-state index is 0.0993. The second kappa shape index (κ2) is 7.11. The van der Waals surface area contributed by atoms with Crippen LogP contribution in [0.3, 0.4) is 0 Å². The van der Waals surface area contributed by atoms with Gasteiger partial charge in [-0.15, -0.1) is 0 Å². The fourth-order valence-electron chi connectivity index (χ4n) is 3.23. The number of ether oxygens (including phenoxy) is 2. The van der Waals surface area contributed by atoms with Gasteiger partial charge in [-0.1, -0.05) is 19.1 Å². The third-order valence-corrected chi connectivity index (χ3v) is 4.79. The monoisotopic (exact) mass is 332 g/mol. The van der Waals surface area contributed by atoms with Crippen molar-refractivity contribution in [3.8, 4) is 5.75 Å². The molecule has 24 heavy (non-hydrogen) atoms. The maximum absolute atomic E-state index is 12.7. The average Bonchev–Trinajstić information content (AvgIpc) is 2.61. The van der Waals surface area contributed by atoms with Gasteiger partial charge in [0.2, 0.25) is 12.0 Å². The van der Waals surface area contributed by atoms with Crippen LogP contribution < -0.4 is 9.64 Å². The van der Waals surface area contributed by atoms with E-state index in [9.17, 15) is 9.59 Å². The zero-order valence-electron chi connectivity index (χ0n) is 14.2. The Morgan fingerprint density at radius 2 is 1.96 bits per heavy atom. The standard InChI is InChI=1S/C18H24N2O4/c1-13-7-9-19(10-8-13)17(21)12-20-11-16(18(22)23-2)24-15-6-4-3-5-14(15)20/h3-6,13,16H,7-12H2,1-2H3/t16-/m1/s1. The molecule has 2 heterocycles. The number of likely N-dealkylation sites (tertiary alicyclic amines) is 1. The zero-order valence-corrected chi connectivity index (χ0v) is 14.2. The van der Waals surface area contributed by atoms with Crippen molar-refractivity contribution in [2.75, 3.05) is 38.2 Å². The molecule has 1 aromatic rings. The molecule has 0 spiro atoms. The van der Waals surface area contributed by atoms with Crippen molar-refractivity contribution in [2.45, 2.75) is 25.9 Å². The minimum Gasteiger partial charge on any atom is -0.475 e. The molecule has 0 N–H and O–H groups in total. The number of hydrogen-bond donors (Lipinski definition) is 0. The molecule has 0 bridgehead atoms. The van der Waals surface area contributed by atoms with Crippen LogP contribution in [0.1, 0.15) is 19.8 Å². The predicted octanol–water partition coefficient (Wildman–Crippen LogP) is 1.69. The van der Waals surface area contributed by atoms with Crippen molar-refractivity contribution >= 4 is 17.6 Å². The fraction of sp³-hybridized carbons (Fsp3) is 0.556. The van der Waals surface area contributed by atoms with Crippen LogP contribution in [0.5, 0.6) is 5.75 Å². The number of benzene rings is 1. The van der Waals surface area contributed by atoms with E-state index in [4.69, 9.17) is 9.47 Å². The van der Waals surface area contributed by atoms with Crippen molar-refractivity contribution in [3.05, 3.63) is 24.3 Å². The smallest absolute Gasteiger partial charge is 0.348 e. The second-order valence-electron chi connectivity index (χ2n) is 6.54. The first kappa shape index (κ1) is 16.6. The van der Waals surface area contributed by atoms with Crippen molar-refractivity contribution in [2.24, 2.45) is 5.92 Å². The Hall–Kier alpha value is -2.24. The van der Waals surface area contributed by atoms with Gasteiger partial charge >= 0.3 is 5.97 Å². The molecule has 0 unspecified atom stereocenters. The van der Waals surface area contributed by atoms with E-state index in [0.29, 0.717) is 18.2 Å². The quantitative estimate of drug-likeness (QED) is 0.788. The average molecular weight is 332 g/mol. The molecule has 6 heteroatoms. The number of carbonyl (C=O) groups excluding carboxylic acids is 2. The van der Waals surface area contributed by atoms with Crippen molar-refractivity contribution < 1.29 is 19.1 Å². The normalized spacial score (nSPS) is 21.0. The summed E-state index contributed by atoms with van der Waals surface area (Å²) in [6, 6.07) is 7.48. The van der Waals surface area contributed by atoms with Gasteiger partial charge in [0.15, 0.2) is 0 Å². The van der Waals surface area contributed by atoms with Crippen LogP contribution in [-0.2, 0) is 14.3 Å². The molecule has 1 amide bonds. The summed E-state index contributed by atoms with van der Waals surface area (Å²) < 4.78 is 10.5. The lowest BCUT2D eigenvalue weighted by atomic mass is 9.99. The number of esters is 1. The Bertz CT molecular complexity index is 611. The summed E-state index contributed by atoms with van der Waals surface area (Å²) in [6.45, 7) is 4.42. The zero-order chi connectivity index (χ0) is 17.1. The number of para-hydroxylation sites is 2. The van der Waals surface area contributed by atoms with Crippen LogP contribution in [0, 0.1) is 5.92 Å². The summed E-state index contributed by atoms with van der Waals surface area (Å²) in [5.74, 6) is 0.969. The van der Waals surface area contributed by atoms with Gasteiger partial charge in [-0.3, -0.25) is 4.79 Å². The van der Waals surface area contributed by atoms with Gasteiger partial charge in [0.25, 0.3) is 0 Å². The third kappa shape index (κ3) is 3.47. The summed E-state index contributed by atoms with van der Waals surface area (Å²) in [6.07, 6.45) is 1.39. The van der Waals surface area contributed by atoms with Gasteiger partial charge in [-0.2, -0.15) is 0 Å². The topological polar surface area (TPSA) is 59.1 Å². The number of nitrogens with zero attached hydrogens (tertiary/aromatic N) is 2. The molecule has 2 aliphatic rings. The van der Waals surface area contributed by atoms with Gasteiger partial charge in [0.1, 0.15) is 5.75 Å². The van der Waals surface area contributed by atoms with Crippen LogP contribution in [-0.4, -0.2) is 56.2 Å². The molecule has 0 saturated carbocycles. The van der Waals surface area contributed by atoms with Gasteiger partial charge in [-0.25, -0.2) is 4.79 Å². The number of amides is 1. The molecule has 0 aromatic heterocycles. The number of piperidine rings is 1. The van der Waals surface area contributed by atoms with Gasteiger partial charge < -0.3 is 19.3 Å². The molecule has 1 aromatic carbocycles. The molecule has 1 saturated heterocycles. The number of anilines is 1. The number of methoxy groups -OCH3 is 1. The molecule has 0 aliphatic carbocycles. The molecule has 6 nitrogen and oxygen atoms in total. The summed E-state index contributed by atoms with van der Waals surface area (Å²) in [7, 11) is 1.34.